The minimum atomic E-state index is -1.13. The second-order valence-electron chi connectivity index (χ2n) is 18.2. The van der Waals surface area contributed by atoms with Crippen LogP contribution in [0, 0.1) is 45.3 Å². The molecule has 0 radical (unpaired) electrons. The molecule has 2 bridgehead atoms. The normalized spacial score (nSPS) is 52.2. The molecule has 5 aliphatic carbocycles. The van der Waals surface area contributed by atoms with Crippen LogP contribution in [0.25, 0.3) is 0 Å². The van der Waals surface area contributed by atoms with Gasteiger partial charge in [-0.05, 0) is 123 Å². The maximum Gasteiger partial charge on any atom is 0.303 e. The fourth-order valence-corrected chi connectivity index (χ4v) is 13.4. The van der Waals surface area contributed by atoms with Crippen LogP contribution in [0.2, 0.25) is 0 Å². The summed E-state index contributed by atoms with van der Waals surface area (Å²) in [7, 11) is 0. The largest absolute Gasteiger partial charge is 0.457 e. The maximum atomic E-state index is 11.9. The molecule has 254 valence electrons. The van der Waals surface area contributed by atoms with Crippen molar-refractivity contribution < 1.29 is 33.6 Å². The van der Waals surface area contributed by atoms with Crippen molar-refractivity contribution in [2.75, 3.05) is 32.8 Å². The number of rotatable bonds is 5. The summed E-state index contributed by atoms with van der Waals surface area (Å²) >= 11 is 0. The van der Waals surface area contributed by atoms with E-state index in [4.69, 9.17) is 23.7 Å². The minimum Gasteiger partial charge on any atom is -0.457 e. The smallest absolute Gasteiger partial charge is 0.303 e. The third kappa shape index (κ3) is 4.76. The van der Waals surface area contributed by atoms with E-state index < -0.39 is 11.7 Å². The van der Waals surface area contributed by atoms with Crippen molar-refractivity contribution >= 4 is 5.97 Å². The van der Waals surface area contributed by atoms with Gasteiger partial charge in [0.2, 0.25) is 0 Å². The molecule has 5 saturated carbocycles. The van der Waals surface area contributed by atoms with Gasteiger partial charge >= 0.3 is 5.97 Å². The SMILES string of the molecule is CC(=O)O[C@@H](C1CCC2C(CC3C4CCC5C(C)(C)[C@@H](OC6CN7CCOC(CO6)C7)CCC56C[C@@]46CCC23C)O1)C(C)(C)O. The van der Waals surface area contributed by atoms with Crippen LogP contribution in [0.5, 0.6) is 0 Å². The summed E-state index contributed by atoms with van der Waals surface area (Å²) in [6.07, 6.45) is 11.8. The molecule has 45 heavy (non-hydrogen) atoms. The van der Waals surface area contributed by atoms with Gasteiger partial charge in [-0.1, -0.05) is 20.8 Å². The Hall–Kier alpha value is -0.770. The predicted molar refractivity (Wildman–Crippen MR) is 168 cm³/mol. The number of carbonyl (C=O) groups excluding carboxylic acids is 1. The van der Waals surface area contributed by atoms with E-state index >= 15 is 0 Å². The second-order valence-corrected chi connectivity index (χ2v) is 18.2. The van der Waals surface area contributed by atoms with E-state index in [0.717, 1.165) is 57.8 Å². The number of carbonyl (C=O) groups is 1. The number of hydrogen-bond donors (Lipinski definition) is 1. The Bertz CT molecular complexity index is 1170. The first-order valence-electron chi connectivity index (χ1n) is 18.4. The zero-order valence-corrected chi connectivity index (χ0v) is 28.7. The Balaban J connectivity index is 0.975. The van der Waals surface area contributed by atoms with Crippen LogP contribution in [0.15, 0.2) is 0 Å². The van der Waals surface area contributed by atoms with Gasteiger partial charge in [-0.15, -0.1) is 0 Å². The molecular formula is C37H59NO7. The van der Waals surface area contributed by atoms with Gasteiger partial charge in [0, 0.05) is 26.6 Å². The van der Waals surface area contributed by atoms with Crippen molar-refractivity contribution in [1.29, 1.82) is 0 Å². The van der Waals surface area contributed by atoms with Gasteiger partial charge in [-0.3, -0.25) is 9.69 Å². The Morgan fingerprint density at radius 2 is 1.76 bits per heavy atom. The number of aliphatic hydroxyl groups is 1. The zero-order valence-electron chi connectivity index (χ0n) is 28.7. The van der Waals surface area contributed by atoms with Gasteiger partial charge in [-0.25, -0.2) is 0 Å². The number of ether oxygens (including phenoxy) is 5. The molecular weight excluding hydrogens is 570 g/mol. The Morgan fingerprint density at radius 3 is 2.53 bits per heavy atom. The Kier molecular flexibility index (Phi) is 7.43. The molecule has 11 unspecified atom stereocenters. The summed E-state index contributed by atoms with van der Waals surface area (Å²) in [6.45, 7) is 16.8. The van der Waals surface area contributed by atoms with Crippen molar-refractivity contribution in [3.8, 4) is 0 Å². The lowest BCUT2D eigenvalue weighted by Crippen LogP contribution is -2.55. The van der Waals surface area contributed by atoms with E-state index in [2.05, 4.69) is 25.7 Å². The summed E-state index contributed by atoms with van der Waals surface area (Å²) in [5, 5.41) is 10.9. The summed E-state index contributed by atoms with van der Waals surface area (Å²) in [5.74, 6) is 2.39. The quantitative estimate of drug-likeness (QED) is 0.408. The van der Waals surface area contributed by atoms with Gasteiger partial charge in [0.05, 0.1) is 43.2 Å². The third-order valence-electron chi connectivity index (χ3n) is 15.3. The molecule has 0 aromatic heterocycles. The molecule has 3 aliphatic heterocycles. The third-order valence-corrected chi connectivity index (χ3v) is 15.3. The predicted octanol–water partition coefficient (Wildman–Crippen LogP) is 5.34. The highest BCUT2D eigenvalue weighted by atomic mass is 16.7. The first-order chi connectivity index (χ1) is 21.3. The average Bonchev–Trinajstić information content (AvgIpc) is 3.58. The summed E-state index contributed by atoms with van der Waals surface area (Å²) in [4.78, 5) is 14.4. The van der Waals surface area contributed by atoms with Crippen LogP contribution < -0.4 is 0 Å². The minimum absolute atomic E-state index is 0.132. The molecule has 8 aliphatic rings. The zero-order chi connectivity index (χ0) is 31.6. The highest BCUT2D eigenvalue weighted by Gasteiger charge is 2.80. The van der Waals surface area contributed by atoms with Crippen molar-refractivity contribution in [2.24, 2.45) is 45.3 Å². The average molecular weight is 630 g/mol. The lowest BCUT2D eigenvalue weighted by atomic mass is 9.46. The van der Waals surface area contributed by atoms with Crippen LogP contribution in [-0.2, 0) is 28.5 Å². The van der Waals surface area contributed by atoms with Gasteiger partial charge in [0.15, 0.2) is 12.4 Å². The molecule has 0 amide bonds. The van der Waals surface area contributed by atoms with Crippen molar-refractivity contribution in [1.82, 2.24) is 4.90 Å². The highest BCUT2D eigenvalue weighted by molar-refractivity contribution is 5.66. The lowest BCUT2D eigenvalue weighted by molar-refractivity contribution is -0.228. The summed E-state index contributed by atoms with van der Waals surface area (Å²) < 4.78 is 31.7. The number of fused-ring (bicyclic) bond motifs is 6. The Morgan fingerprint density at radius 1 is 0.956 bits per heavy atom. The van der Waals surface area contributed by atoms with Crippen molar-refractivity contribution in [3.63, 3.8) is 0 Å². The molecule has 14 atom stereocenters. The van der Waals surface area contributed by atoms with E-state index in [1.807, 2.05) is 0 Å². The number of morpholine rings is 1. The van der Waals surface area contributed by atoms with Crippen LogP contribution >= 0.6 is 0 Å². The fourth-order valence-electron chi connectivity index (χ4n) is 13.4. The standard InChI is InChI=1S/C37H59NO7/c1-22(39)43-32(34(4,5)40)27-9-7-25-28(44-27)17-26-24-8-10-29-33(2,3)30(45-31-19-38-15-16-41-23(18-38)20-42-31)11-12-37(29)21-36(24,37)14-13-35(25,26)6/h23-32,40H,7-21H2,1-6H3/t23?,24?,25?,26?,27?,28?,29?,30-,31?,32-,35?,36-,37?/m0/s1. The topological polar surface area (TPSA) is 86.7 Å². The lowest BCUT2D eigenvalue weighted by Gasteiger charge is -2.60. The molecule has 8 rings (SSSR count). The molecule has 8 nitrogen and oxygen atoms in total. The van der Waals surface area contributed by atoms with E-state index in [1.165, 1.54) is 45.4 Å². The van der Waals surface area contributed by atoms with Crippen LogP contribution in [0.3, 0.4) is 0 Å². The molecule has 0 aromatic carbocycles. The van der Waals surface area contributed by atoms with E-state index in [9.17, 15) is 9.90 Å². The van der Waals surface area contributed by atoms with E-state index in [0.29, 0.717) is 40.6 Å². The molecule has 8 fully saturated rings. The van der Waals surface area contributed by atoms with E-state index in [-0.39, 0.29) is 42.1 Å². The highest BCUT2D eigenvalue weighted by Crippen LogP contribution is 2.87. The van der Waals surface area contributed by atoms with Crippen molar-refractivity contribution in [3.05, 3.63) is 0 Å². The monoisotopic (exact) mass is 629 g/mol. The number of nitrogens with zero attached hydrogens (tertiary/aromatic N) is 1. The summed E-state index contributed by atoms with van der Waals surface area (Å²) in [5.41, 5.74) is 0.271. The van der Waals surface area contributed by atoms with Gasteiger partial charge < -0.3 is 28.8 Å². The van der Waals surface area contributed by atoms with Crippen LogP contribution in [0.1, 0.15) is 106 Å². The van der Waals surface area contributed by atoms with Gasteiger partial charge in [0.25, 0.3) is 0 Å². The maximum absolute atomic E-state index is 11.9. The second kappa shape index (κ2) is 10.6. The molecule has 3 heterocycles. The Labute approximate surface area is 270 Å². The first-order valence-corrected chi connectivity index (χ1v) is 18.4. The van der Waals surface area contributed by atoms with Crippen LogP contribution in [-0.4, -0.2) is 91.2 Å². The van der Waals surface area contributed by atoms with Gasteiger partial charge in [-0.2, -0.15) is 0 Å². The number of hydrogen-bond acceptors (Lipinski definition) is 8. The number of esters is 1. The fraction of sp³-hybridized carbons (Fsp3) is 0.973. The van der Waals surface area contributed by atoms with Crippen LogP contribution in [0.4, 0.5) is 0 Å². The first kappa shape index (κ1) is 31.5. The van der Waals surface area contributed by atoms with Gasteiger partial charge in [0.1, 0.15) is 0 Å². The van der Waals surface area contributed by atoms with E-state index in [1.54, 1.807) is 13.8 Å². The molecule has 0 aromatic rings. The van der Waals surface area contributed by atoms with Crippen molar-refractivity contribution in [2.45, 2.75) is 148 Å². The molecule has 8 heteroatoms. The molecule has 2 spiro atoms. The molecule has 3 saturated heterocycles. The molecule has 1 N–H and O–H groups in total. The summed E-state index contributed by atoms with van der Waals surface area (Å²) in [6, 6.07) is 0.